The van der Waals surface area contributed by atoms with Crippen molar-refractivity contribution < 1.29 is 9.90 Å². The van der Waals surface area contributed by atoms with E-state index in [-0.39, 0.29) is 23.8 Å². The molecule has 2 aliphatic rings. The highest BCUT2D eigenvalue weighted by atomic mass is 16.3. The Balaban J connectivity index is 1.32. The number of imidazole rings is 1. The van der Waals surface area contributed by atoms with Crippen LogP contribution in [0.2, 0.25) is 0 Å². The third-order valence-electron chi connectivity index (χ3n) is 6.83. The Kier molecular flexibility index (Phi) is 5.78. The SMILES string of the molecule is O=C(c1cnc[nH]1)N1CCC2(CCN(CCc3ccccc3)CC2)[C@@H](CO)C1. The number of H-pyrrole nitrogens is 1. The Hall–Kier alpha value is -2.18. The van der Waals surface area contributed by atoms with Crippen LogP contribution in [-0.2, 0) is 6.42 Å². The van der Waals surface area contributed by atoms with Gasteiger partial charge in [0.15, 0.2) is 0 Å². The number of carbonyl (C=O) groups is 1. The van der Waals surface area contributed by atoms with Gasteiger partial charge in [0.1, 0.15) is 5.69 Å². The molecule has 4 rings (SSSR count). The van der Waals surface area contributed by atoms with E-state index in [2.05, 4.69) is 45.2 Å². The van der Waals surface area contributed by atoms with Gasteiger partial charge in [0.25, 0.3) is 5.91 Å². The van der Waals surface area contributed by atoms with Crippen LogP contribution in [0.25, 0.3) is 0 Å². The van der Waals surface area contributed by atoms with E-state index in [0.717, 1.165) is 51.9 Å². The van der Waals surface area contributed by atoms with E-state index in [9.17, 15) is 9.90 Å². The number of aromatic nitrogens is 2. The molecule has 0 bridgehead atoms. The molecule has 0 aliphatic carbocycles. The lowest BCUT2D eigenvalue weighted by Gasteiger charge is -2.51. The normalized spacial score (nSPS) is 22.5. The van der Waals surface area contributed by atoms with Gasteiger partial charge < -0.3 is 19.9 Å². The van der Waals surface area contributed by atoms with Gasteiger partial charge in [-0.2, -0.15) is 0 Å². The molecule has 0 unspecified atom stereocenters. The van der Waals surface area contributed by atoms with Crippen LogP contribution in [0.15, 0.2) is 42.9 Å². The number of benzene rings is 1. The molecule has 0 radical (unpaired) electrons. The van der Waals surface area contributed by atoms with E-state index < -0.39 is 0 Å². The first-order chi connectivity index (χ1) is 13.7. The Morgan fingerprint density at radius 3 is 2.61 bits per heavy atom. The van der Waals surface area contributed by atoms with Crippen molar-refractivity contribution in [1.82, 2.24) is 19.8 Å². The van der Waals surface area contributed by atoms with E-state index in [1.807, 2.05) is 4.90 Å². The number of piperidine rings is 2. The largest absolute Gasteiger partial charge is 0.396 e. The second-order valence-electron chi connectivity index (χ2n) is 8.29. The quantitative estimate of drug-likeness (QED) is 0.832. The smallest absolute Gasteiger partial charge is 0.271 e. The molecule has 2 saturated heterocycles. The predicted octanol–water partition coefficient (Wildman–Crippen LogP) is 2.19. The van der Waals surface area contributed by atoms with Gasteiger partial charge in [-0.15, -0.1) is 0 Å². The average molecular weight is 383 g/mol. The minimum Gasteiger partial charge on any atom is -0.396 e. The van der Waals surface area contributed by atoms with E-state index >= 15 is 0 Å². The molecule has 2 aromatic rings. The summed E-state index contributed by atoms with van der Waals surface area (Å²) in [4.78, 5) is 23.9. The molecule has 2 fully saturated rings. The summed E-state index contributed by atoms with van der Waals surface area (Å²) in [6.07, 6.45) is 7.39. The van der Waals surface area contributed by atoms with Gasteiger partial charge in [-0.3, -0.25) is 4.79 Å². The van der Waals surface area contributed by atoms with Crippen LogP contribution in [-0.4, -0.2) is 70.1 Å². The second-order valence-corrected chi connectivity index (χ2v) is 8.29. The molecule has 2 aliphatic heterocycles. The molecule has 1 atom stereocenters. The summed E-state index contributed by atoms with van der Waals surface area (Å²) in [5.74, 6) is 0.149. The summed E-state index contributed by atoms with van der Waals surface area (Å²) in [6.45, 7) is 4.80. The van der Waals surface area contributed by atoms with Gasteiger partial charge in [0.2, 0.25) is 0 Å². The number of rotatable bonds is 5. The number of amides is 1. The Labute approximate surface area is 166 Å². The number of nitrogens with one attached hydrogen (secondary N) is 1. The highest BCUT2D eigenvalue weighted by molar-refractivity contribution is 5.92. The van der Waals surface area contributed by atoms with Crippen LogP contribution in [0, 0.1) is 11.3 Å². The Bertz CT molecular complexity index is 754. The maximum absolute atomic E-state index is 12.6. The van der Waals surface area contributed by atoms with Crippen molar-refractivity contribution in [2.45, 2.75) is 25.7 Å². The number of aliphatic hydroxyl groups excluding tert-OH is 1. The monoisotopic (exact) mass is 382 g/mol. The Morgan fingerprint density at radius 1 is 1.18 bits per heavy atom. The minimum atomic E-state index is -0.00824. The maximum Gasteiger partial charge on any atom is 0.271 e. The van der Waals surface area contributed by atoms with Crippen molar-refractivity contribution >= 4 is 5.91 Å². The van der Waals surface area contributed by atoms with Crippen LogP contribution in [0.3, 0.4) is 0 Å². The summed E-state index contributed by atoms with van der Waals surface area (Å²) in [7, 11) is 0. The van der Waals surface area contributed by atoms with Gasteiger partial charge in [-0.05, 0) is 49.8 Å². The lowest BCUT2D eigenvalue weighted by atomic mass is 9.64. The average Bonchev–Trinajstić information content (AvgIpc) is 3.29. The fourth-order valence-corrected chi connectivity index (χ4v) is 4.90. The standard InChI is InChI=1S/C22H30N4O2/c27-16-19-15-26(21(28)20-14-23-17-24-20)13-9-22(19)7-11-25(12-8-22)10-6-18-4-2-1-3-5-18/h1-5,14,17,19,27H,6-13,15-16H2,(H,23,24)/t19-/m1/s1. The van der Waals surface area contributed by atoms with Gasteiger partial charge in [0, 0.05) is 32.2 Å². The lowest BCUT2D eigenvalue weighted by Crippen LogP contribution is -2.54. The lowest BCUT2D eigenvalue weighted by molar-refractivity contribution is -0.0350. The fraction of sp³-hybridized carbons (Fsp3) is 0.545. The molecule has 28 heavy (non-hydrogen) atoms. The van der Waals surface area contributed by atoms with Crippen LogP contribution >= 0.6 is 0 Å². The first-order valence-electron chi connectivity index (χ1n) is 10.3. The van der Waals surface area contributed by atoms with Crippen molar-refractivity contribution in [3.8, 4) is 0 Å². The summed E-state index contributed by atoms with van der Waals surface area (Å²) in [6, 6.07) is 10.7. The van der Waals surface area contributed by atoms with E-state index in [0.29, 0.717) is 12.2 Å². The second kappa shape index (κ2) is 8.45. The highest BCUT2D eigenvalue weighted by Crippen LogP contribution is 2.45. The number of hydrogen-bond acceptors (Lipinski definition) is 4. The zero-order chi connectivity index (χ0) is 19.4. The van der Waals surface area contributed by atoms with E-state index in [4.69, 9.17) is 0 Å². The molecule has 3 heterocycles. The van der Waals surface area contributed by atoms with Crippen molar-refractivity contribution in [3.05, 3.63) is 54.1 Å². The number of likely N-dealkylation sites (tertiary alicyclic amines) is 2. The van der Waals surface area contributed by atoms with Gasteiger partial charge in [-0.1, -0.05) is 30.3 Å². The third kappa shape index (κ3) is 3.98. The first kappa shape index (κ1) is 19.2. The zero-order valence-corrected chi connectivity index (χ0v) is 16.4. The van der Waals surface area contributed by atoms with Crippen LogP contribution < -0.4 is 0 Å². The number of nitrogens with zero attached hydrogens (tertiary/aromatic N) is 3. The molecule has 150 valence electrons. The minimum absolute atomic E-state index is 0.00824. The molecular formula is C22H30N4O2. The molecule has 1 aromatic carbocycles. The first-order valence-corrected chi connectivity index (χ1v) is 10.3. The van der Waals surface area contributed by atoms with Crippen molar-refractivity contribution in [2.24, 2.45) is 11.3 Å². The number of carbonyl (C=O) groups excluding carboxylic acids is 1. The summed E-state index contributed by atoms with van der Waals surface area (Å²) >= 11 is 0. The van der Waals surface area contributed by atoms with Gasteiger partial charge in [0.05, 0.1) is 12.5 Å². The molecule has 6 heteroatoms. The van der Waals surface area contributed by atoms with Crippen molar-refractivity contribution in [2.75, 3.05) is 39.3 Å². The van der Waals surface area contributed by atoms with E-state index in [1.54, 1.807) is 6.20 Å². The number of aromatic amines is 1. The van der Waals surface area contributed by atoms with Crippen LogP contribution in [0.1, 0.15) is 35.3 Å². The third-order valence-corrected chi connectivity index (χ3v) is 6.83. The van der Waals surface area contributed by atoms with Gasteiger partial charge in [-0.25, -0.2) is 4.98 Å². The molecule has 1 aromatic heterocycles. The molecule has 2 N–H and O–H groups in total. The highest BCUT2D eigenvalue weighted by Gasteiger charge is 2.45. The van der Waals surface area contributed by atoms with Crippen molar-refractivity contribution in [3.63, 3.8) is 0 Å². The fourth-order valence-electron chi connectivity index (χ4n) is 4.90. The summed E-state index contributed by atoms with van der Waals surface area (Å²) in [5.41, 5.74) is 2.09. The van der Waals surface area contributed by atoms with Crippen LogP contribution in [0.4, 0.5) is 0 Å². The molecule has 0 saturated carbocycles. The molecule has 6 nitrogen and oxygen atoms in total. The molecular weight excluding hydrogens is 352 g/mol. The Morgan fingerprint density at radius 2 is 1.93 bits per heavy atom. The van der Waals surface area contributed by atoms with Crippen LogP contribution in [0.5, 0.6) is 0 Å². The van der Waals surface area contributed by atoms with Crippen molar-refractivity contribution in [1.29, 1.82) is 0 Å². The summed E-state index contributed by atoms with van der Waals surface area (Å²) in [5, 5.41) is 10.1. The predicted molar refractivity (Wildman–Crippen MR) is 108 cm³/mol. The van der Waals surface area contributed by atoms with E-state index in [1.165, 1.54) is 11.9 Å². The molecule has 1 amide bonds. The number of aliphatic hydroxyl groups is 1. The maximum atomic E-state index is 12.6. The summed E-state index contributed by atoms with van der Waals surface area (Å²) < 4.78 is 0. The molecule has 1 spiro atoms. The van der Waals surface area contributed by atoms with Gasteiger partial charge >= 0.3 is 0 Å². The zero-order valence-electron chi connectivity index (χ0n) is 16.4. The topological polar surface area (TPSA) is 72.5 Å². The number of hydrogen-bond donors (Lipinski definition) is 2.